The van der Waals surface area contributed by atoms with Gasteiger partial charge in [0.25, 0.3) is 5.91 Å². The van der Waals surface area contributed by atoms with E-state index in [1.165, 1.54) is 11.8 Å². The molecule has 106 valence electrons. The number of rotatable bonds is 6. The minimum absolute atomic E-state index is 0.194. The summed E-state index contributed by atoms with van der Waals surface area (Å²) in [5, 5.41) is 13.0. The van der Waals surface area contributed by atoms with Crippen molar-refractivity contribution in [3.05, 3.63) is 60.1 Å². The Labute approximate surface area is 118 Å². The smallest absolute Gasteiger partial charge is 0.287 e. The van der Waals surface area contributed by atoms with Crippen LogP contribution < -0.4 is 5.32 Å². The van der Waals surface area contributed by atoms with Crippen molar-refractivity contribution in [2.75, 3.05) is 6.54 Å². The minimum Gasteiger partial charge on any atom is -0.459 e. The molecule has 1 amide bonds. The number of nitrogens with one attached hydrogen (secondary N) is 1. The lowest BCUT2D eigenvalue weighted by Crippen LogP contribution is -2.40. The molecule has 0 fully saturated rings. The van der Waals surface area contributed by atoms with Crippen LogP contribution >= 0.6 is 0 Å². The van der Waals surface area contributed by atoms with Crippen molar-refractivity contribution in [1.82, 2.24) is 5.32 Å². The lowest BCUT2D eigenvalue weighted by Gasteiger charge is -2.23. The van der Waals surface area contributed by atoms with Crippen molar-refractivity contribution >= 4 is 5.91 Å². The van der Waals surface area contributed by atoms with Gasteiger partial charge in [0.1, 0.15) is 0 Å². The van der Waals surface area contributed by atoms with Crippen LogP contribution in [0.3, 0.4) is 0 Å². The lowest BCUT2D eigenvalue weighted by atomic mass is 9.97. The van der Waals surface area contributed by atoms with E-state index in [4.69, 9.17) is 4.42 Å². The molecule has 2 N–H and O–H groups in total. The molecule has 4 heteroatoms. The van der Waals surface area contributed by atoms with Gasteiger partial charge >= 0.3 is 0 Å². The fraction of sp³-hybridized carbons (Fsp3) is 0.312. The summed E-state index contributed by atoms with van der Waals surface area (Å²) < 4.78 is 5.00. The van der Waals surface area contributed by atoms with Gasteiger partial charge in [-0.15, -0.1) is 0 Å². The van der Waals surface area contributed by atoms with Gasteiger partial charge in [0.05, 0.1) is 11.9 Å². The molecule has 1 heterocycles. The number of carbonyl (C=O) groups is 1. The normalized spacial score (nSPS) is 13.7. The molecule has 0 bridgehead atoms. The molecule has 1 aromatic carbocycles. The average Bonchev–Trinajstić information content (AvgIpc) is 2.98. The molecule has 0 saturated heterocycles. The molecular formula is C16H19NO3. The highest BCUT2D eigenvalue weighted by Gasteiger charge is 2.21. The number of aliphatic hydroxyl groups is 1. The van der Waals surface area contributed by atoms with Crippen LogP contribution in [0.2, 0.25) is 0 Å². The molecule has 0 aliphatic carbocycles. The first-order valence-electron chi connectivity index (χ1n) is 6.65. The number of amides is 1. The lowest BCUT2D eigenvalue weighted by molar-refractivity contribution is 0.0472. The summed E-state index contributed by atoms with van der Waals surface area (Å²) in [6.07, 6.45) is 2.79. The molecule has 0 aliphatic rings. The SMILES string of the molecule is C[C@](O)(CCc1ccccc1)CNC(=O)c1ccco1. The van der Waals surface area contributed by atoms with E-state index in [1.54, 1.807) is 19.1 Å². The van der Waals surface area contributed by atoms with Gasteiger partial charge in [-0.3, -0.25) is 4.79 Å². The maximum Gasteiger partial charge on any atom is 0.287 e. The Morgan fingerprint density at radius 3 is 2.65 bits per heavy atom. The summed E-state index contributed by atoms with van der Waals surface area (Å²) in [7, 11) is 0. The third-order valence-corrected chi connectivity index (χ3v) is 3.17. The molecule has 2 aromatic rings. The average molecular weight is 273 g/mol. The highest BCUT2D eigenvalue weighted by molar-refractivity contribution is 5.91. The van der Waals surface area contributed by atoms with Crippen LogP contribution in [0.25, 0.3) is 0 Å². The molecule has 0 unspecified atom stereocenters. The molecular weight excluding hydrogens is 254 g/mol. The van der Waals surface area contributed by atoms with E-state index >= 15 is 0 Å². The fourth-order valence-corrected chi connectivity index (χ4v) is 1.91. The molecule has 0 aliphatic heterocycles. The largest absolute Gasteiger partial charge is 0.459 e. The molecule has 4 nitrogen and oxygen atoms in total. The van der Waals surface area contributed by atoms with Crippen LogP contribution in [0.15, 0.2) is 53.1 Å². The predicted octanol–water partition coefficient (Wildman–Crippen LogP) is 2.39. The standard InChI is InChI=1S/C16H19NO3/c1-16(19,10-9-13-6-3-2-4-7-13)12-17-15(18)14-8-5-11-20-14/h2-8,11,19H,9-10,12H2,1H3,(H,17,18)/t16-/m0/s1. The number of aryl methyl sites for hydroxylation is 1. The summed E-state index contributed by atoms with van der Waals surface area (Å²) in [5.74, 6) is -0.0566. The zero-order chi connectivity index (χ0) is 14.4. The van der Waals surface area contributed by atoms with Crippen molar-refractivity contribution in [3.8, 4) is 0 Å². The fourth-order valence-electron chi connectivity index (χ4n) is 1.91. The van der Waals surface area contributed by atoms with Crippen molar-refractivity contribution in [1.29, 1.82) is 0 Å². The van der Waals surface area contributed by atoms with Gasteiger partial charge in [0, 0.05) is 6.54 Å². The van der Waals surface area contributed by atoms with Gasteiger partial charge in [-0.2, -0.15) is 0 Å². The van der Waals surface area contributed by atoms with Crippen LogP contribution in [0.4, 0.5) is 0 Å². The van der Waals surface area contributed by atoms with E-state index in [1.807, 2.05) is 30.3 Å². The number of benzene rings is 1. The highest BCUT2D eigenvalue weighted by atomic mass is 16.3. The van der Waals surface area contributed by atoms with Crippen LogP contribution in [-0.4, -0.2) is 23.2 Å². The first-order valence-corrected chi connectivity index (χ1v) is 6.65. The second-order valence-electron chi connectivity index (χ2n) is 5.14. The molecule has 0 radical (unpaired) electrons. The van der Waals surface area contributed by atoms with Gasteiger partial charge in [0.15, 0.2) is 5.76 Å². The zero-order valence-corrected chi connectivity index (χ0v) is 11.5. The van der Waals surface area contributed by atoms with Gasteiger partial charge < -0.3 is 14.8 Å². The maximum atomic E-state index is 11.7. The predicted molar refractivity (Wildman–Crippen MR) is 76.4 cm³/mol. The number of carbonyl (C=O) groups excluding carboxylic acids is 1. The summed E-state index contributed by atoms with van der Waals surface area (Å²) in [5.41, 5.74) is 0.225. The summed E-state index contributed by atoms with van der Waals surface area (Å²) in [4.78, 5) is 11.7. The van der Waals surface area contributed by atoms with Gasteiger partial charge in [-0.25, -0.2) is 0 Å². The van der Waals surface area contributed by atoms with Crippen LogP contribution in [0.1, 0.15) is 29.5 Å². The summed E-state index contributed by atoms with van der Waals surface area (Å²) in [6.45, 7) is 1.91. The van der Waals surface area contributed by atoms with Gasteiger partial charge in [-0.05, 0) is 37.5 Å². The minimum atomic E-state index is -0.946. The summed E-state index contributed by atoms with van der Waals surface area (Å²) >= 11 is 0. The van der Waals surface area contributed by atoms with Gasteiger partial charge in [-0.1, -0.05) is 30.3 Å². The van der Waals surface area contributed by atoms with E-state index in [9.17, 15) is 9.90 Å². The summed E-state index contributed by atoms with van der Waals surface area (Å²) in [6, 6.07) is 13.2. The second-order valence-corrected chi connectivity index (χ2v) is 5.14. The Balaban J connectivity index is 1.80. The topological polar surface area (TPSA) is 62.5 Å². The van der Waals surface area contributed by atoms with Crippen molar-refractivity contribution in [2.45, 2.75) is 25.4 Å². The van der Waals surface area contributed by atoms with E-state index < -0.39 is 5.60 Å². The number of hydrogen-bond acceptors (Lipinski definition) is 3. The maximum absolute atomic E-state index is 11.7. The van der Waals surface area contributed by atoms with Crippen LogP contribution in [-0.2, 0) is 6.42 Å². The van der Waals surface area contributed by atoms with E-state index in [-0.39, 0.29) is 18.2 Å². The second kappa shape index (κ2) is 6.39. The van der Waals surface area contributed by atoms with E-state index in [0.29, 0.717) is 6.42 Å². The Morgan fingerprint density at radius 1 is 1.25 bits per heavy atom. The van der Waals surface area contributed by atoms with Crippen molar-refractivity contribution in [2.24, 2.45) is 0 Å². The first-order chi connectivity index (χ1) is 9.57. The molecule has 2 rings (SSSR count). The third-order valence-electron chi connectivity index (χ3n) is 3.17. The molecule has 0 spiro atoms. The zero-order valence-electron chi connectivity index (χ0n) is 11.5. The Kier molecular flexibility index (Phi) is 4.58. The molecule has 20 heavy (non-hydrogen) atoms. The third kappa shape index (κ3) is 4.24. The molecule has 1 atom stereocenters. The van der Waals surface area contributed by atoms with Crippen molar-refractivity contribution in [3.63, 3.8) is 0 Å². The Hall–Kier alpha value is -2.07. The Morgan fingerprint density at radius 2 is 2.00 bits per heavy atom. The highest BCUT2D eigenvalue weighted by Crippen LogP contribution is 2.13. The quantitative estimate of drug-likeness (QED) is 0.849. The van der Waals surface area contributed by atoms with Crippen LogP contribution in [0, 0.1) is 0 Å². The van der Waals surface area contributed by atoms with Crippen molar-refractivity contribution < 1.29 is 14.3 Å². The van der Waals surface area contributed by atoms with E-state index in [2.05, 4.69) is 5.32 Å². The van der Waals surface area contributed by atoms with Crippen LogP contribution in [0.5, 0.6) is 0 Å². The monoisotopic (exact) mass is 273 g/mol. The molecule has 0 saturated carbocycles. The Bertz CT molecular complexity index is 532. The first kappa shape index (κ1) is 14.3. The number of furan rings is 1. The van der Waals surface area contributed by atoms with E-state index in [0.717, 1.165) is 6.42 Å². The number of hydrogen-bond donors (Lipinski definition) is 2. The molecule has 1 aromatic heterocycles. The van der Waals surface area contributed by atoms with Gasteiger partial charge in [0.2, 0.25) is 0 Å².